The number of rotatable bonds is 9. The van der Waals surface area contributed by atoms with Gasteiger partial charge in [0.2, 0.25) is 0 Å². The minimum absolute atomic E-state index is 0.0620. The largest absolute Gasteiger partial charge is 0.491 e. The average Bonchev–Trinajstić information content (AvgIpc) is 3.48. The van der Waals surface area contributed by atoms with Gasteiger partial charge in [-0.3, -0.25) is 19.2 Å². The number of pyridine rings is 2. The van der Waals surface area contributed by atoms with Gasteiger partial charge in [0.1, 0.15) is 41.1 Å². The highest BCUT2D eigenvalue weighted by Gasteiger charge is 2.26. The van der Waals surface area contributed by atoms with Gasteiger partial charge in [0.05, 0.1) is 39.9 Å². The van der Waals surface area contributed by atoms with Gasteiger partial charge < -0.3 is 14.7 Å². The molecule has 1 aromatic carbocycles. The van der Waals surface area contributed by atoms with Crippen LogP contribution in [0.1, 0.15) is 27.4 Å². The van der Waals surface area contributed by atoms with Gasteiger partial charge >= 0.3 is 5.97 Å². The first-order valence-corrected chi connectivity index (χ1v) is 15.9. The lowest BCUT2D eigenvalue weighted by Crippen LogP contribution is -2.48. The molecule has 5 heterocycles. The van der Waals surface area contributed by atoms with E-state index < -0.39 is 18.0 Å². The van der Waals surface area contributed by atoms with Gasteiger partial charge in [-0.25, -0.2) is 23.5 Å². The Morgan fingerprint density at radius 2 is 1.91 bits per heavy atom. The van der Waals surface area contributed by atoms with E-state index in [1.165, 1.54) is 22.1 Å². The Hall–Kier alpha value is -4.71. The molecular formula is C32H28ClF2N7O4S. The maximum atomic E-state index is 14.0. The molecule has 1 aliphatic heterocycles. The highest BCUT2D eigenvalue weighted by atomic mass is 35.5. The van der Waals surface area contributed by atoms with Gasteiger partial charge in [-0.1, -0.05) is 11.6 Å². The molecule has 1 aliphatic rings. The Kier molecular flexibility index (Phi) is 9.05. The van der Waals surface area contributed by atoms with Crippen LogP contribution >= 0.6 is 22.9 Å². The number of nitrogens with zero attached hydrogens (tertiary/aromatic N) is 7. The molecule has 0 bridgehead atoms. The highest BCUT2D eigenvalue weighted by Crippen LogP contribution is 2.39. The summed E-state index contributed by atoms with van der Waals surface area (Å²) in [6.07, 6.45) is -0.896. The maximum Gasteiger partial charge on any atom is 0.338 e. The zero-order valence-corrected chi connectivity index (χ0v) is 26.9. The fourth-order valence-electron chi connectivity index (χ4n) is 5.85. The highest BCUT2D eigenvalue weighted by molar-refractivity contribution is 7.18. The van der Waals surface area contributed by atoms with E-state index in [1.54, 1.807) is 48.4 Å². The predicted octanol–water partition coefficient (Wildman–Crippen LogP) is 5.37. The van der Waals surface area contributed by atoms with Crippen molar-refractivity contribution in [2.45, 2.75) is 26.8 Å². The molecule has 4 aromatic heterocycles. The summed E-state index contributed by atoms with van der Waals surface area (Å²) in [5.41, 5.74) is 2.31. The van der Waals surface area contributed by atoms with Crippen LogP contribution in [0.15, 0.2) is 40.6 Å². The lowest BCUT2D eigenvalue weighted by atomic mass is 10.0. The van der Waals surface area contributed by atoms with Crippen molar-refractivity contribution in [1.29, 1.82) is 5.26 Å². The Labute approximate surface area is 276 Å². The molecule has 242 valence electrons. The number of fused-ring (bicyclic) bond motifs is 2. The number of hydrogen-bond donors (Lipinski definition) is 1. The third-order valence-electron chi connectivity index (χ3n) is 8.12. The van der Waals surface area contributed by atoms with Gasteiger partial charge in [0.15, 0.2) is 0 Å². The minimum atomic E-state index is -2.43. The lowest BCUT2D eigenvalue weighted by molar-refractivity contribution is 0.0699. The molecule has 0 unspecified atom stereocenters. The summed E-state index contributed by atoms with van der Waals surface area (Å²) in [5, 5.41) is 21.9. The zero-order valence-electron chi connectivity index (χ0n) is 25.3. The van der Waals surface area contributed by atoms with Crippen LogP contribution < -0.4 is 15.2 Å². The SMILES string of the molecule is Cc1nc(N2CCN(CC(F)F)CC2)c(C#N)c2c(=O)n(CCOc3ccc(Cl)cc3-c3ccnc4c(C(=O)O)csc34)c(C)nc12. The van der Waals surface area contributed by atoms with Crippen LogP contribution in [-0.2, 0) is 6.54 Å². The van der Waals surface area contributed by atoms with E-state index in [0.29, 0.717) is 81.1 Å². The lowest BCUT2D eigenvalue weighted by Gasteiger charge is -2.35. The Bertz CT molecular complexity index is 2120. The third-order valence-corrected chi connectivity index (χ3v) is 9.36. The van der Waals surface area contributed by atoms with Crippen LogP contribution in [0.2, 0.25) is 5.02 Å². The minimum Gasteiger partial charge on any atom is -0.491 e. The van der Waals surface area contributed by atoms with Crippen molar-refractivity contribution >= 4 is 55.8 Å². The van der Waals surface area contributed by atoms with Crippen LogP contribution in [0.25, 0.3) is 32.2 Å². The van der Waals surface area contributed by atoms with Crippen LogP contribution in [0, 0.1) is 25.2 Å². The fourth-order valence-corrected chi connectivity index (χ4v) is 7.05. The monoisotopic (exact) mass is 679 g/mol. The normalized spacial score (nSPS) is 13.9. The number of ether oxygens (including phenoxy) is 1. The molecule has 0 spiro atoms. The van der Waals surface area contributed by atoms with E-state index in [9.17, 15) is 28.7 Å². The smallest absolute Gasteiger partial charge is 0.338 e. The first-order valence-electron chi connectivity index (χ1n) is 14.7. The average molecular weight is 680 g/mol. The van der Waals surface area contributed by atoms with Gasteiger partial charge in [0.25, 0.3) is 12.0 Å². The molecule has 1 N–H and O–H groups in total. The van der Waals surface area contributed by atoms with Crippen molar-refractivity contribution in [2.75, 3.05) is 44.2 Å². The van der Waals surface area contributed by atoms with Crippen molar-refractivity contribution in [2.24, 2.45) is 0 Å². The Morgan fingerprint density at radius 3 is 2.62 bits per heavy atom. The number of aromatic carboxylic acids is 1. The van der Waals surface area contributed by atoms with Crippen LogP contribution in [0.4, 0.5) is 14.6 Å². The van der Waals surface area contributed by atoms with Crippen LogP contribution in [-0.4, -0.2) is 81.3 Å². The summed E-state index contributed by atoms with van der Waals surface area (Å²) in [6.45, 7) is 4.81. The molecule has 0 amide bonds. The quantitative estimate of drug-likeness (QED) is 0.216. The summed E-state index contributed by atoms with van der Waals surface area (Å²) in [5.74, 6) is 0.157. The number of aryl methyl sites for hydroxylation is 2. The van der Waals surface area contributed by atoms with Gasteiger partial charge in [-0.05, 0) is 38.1 Å². The first kappa shape index (κ1) is 32.2. The number of aromatic nitrogens is 4. The van der Waals surface area contributed by atoms with Crippen LogP contribution in [0.3, 0.4) is 0 Å². The number of halogens is 3. The van der Waals surface area contributed by atoms with E-state index >= 15 is 0 Å². The summed E-state index contributed by atoms with van der Waals surface area (Å²) in [6, 6.07) is 9.03. The number of hydrogen-bond acceptors (Lipinski definition) is 10. The molecule has 5 aromatic rings. The number of nitriles is 1. The number of piperazine rings is 1. The van der Waals surface area contributed by atoms with E-state index in [-0.39, 0.29) is 36.2 Å². The first-order chi connectivity index (χ1) is 22.6. The van der Waals surface area contributed by atoms with E-state index in [0.717, 1.165) is 0 Å². The second-order valence-electron chi connectivity index (χ2n) is 11.0. The second kappa shape index (κ2) is 13.2. The molecule has 1 saturated heterocycles. The van der Waals surface area contributed by atoms with Crippen molar-refractivity contribution in [3.63, 3.8) is 0 Å². The molecular weight excluding hydrogens is 652 g/mol. The zero-order chi connectivity index (χ0) is 33.4. The Morgan fingerprint density at radius 1 is 1.15 bits per heavy atom. The second-order valence-corrected chi connectivity index (χ2v) is 12.3. The molecule has 0 saturated carbocycles. The molecule has 0 radical (unpaired) electrons. The van der Waals surface area contributed by atoms with Crippen molar-refractivity contribution in [3.05, 3.63) is 73.9 Å². The number of thiophene rings is 1. The maximum absolute atomic E-state index is 14.0. The molecule has 0 atom stereocenters. The van der Waals surface area contributed by atoms with Crippen molar-refractivity contribution in [1.82, 2.24) is 24.4 Å². The number of alkyl halides is 2. The summed E-state index contributed by atoms with van der Waals surface area (Å²) in [7, 11) is 0. The topological polar surface area (TPSA) is 137 Å². The fraction of sp³-hybridized carbons (Fsp3) is 0.312. The van der Waals surface area contributed by atoms with Crippen molar-refractivity contribution in [3.8, 4) is 22.9 Å². The van der Waals surface area contributed by atoms with E-state index in [1.807, 2.05) is 4.90 Å². The van der Waals surface area contributed by atoms with Gasteiger partial charge in [-0.2, -0.15) is 5.26 Å². The number of anilines is 1. The number of carbonyl (C=O) groups is 1. The number of carboxylic acid groups (broad SMARTS) is 1. The predicted molar refractivity (Wildman–Crippen MR) is 175 cm³/mol. The standard InChI is InChI=1S/C32H28ClF2N7O4S/c1-17-27-26(22(14-36)30(38-17)41-9-7-40(8-10-41)15-25(34)35)31(43)42(18(2)39-27)11-12-46-24-4-3-19(33)13-21(24)20-5-6-37-28-23(32(44)45)16-47-29(20)28/h3-6,13,16,25H,7-12,15H2,1-2H3,(H,44,45). The van der Waals surface area contributed by atoms with E-state index in [2.05, 4.69) is 21.0 Å². The Balaban J connectivity index is 1.30. The molecule has 47 heavy (non-hydrogen) atoms. The number of carboxylic acids is 1. The number of benzene rings is 1. The molecule has 0 aliphatic carbocycles. The molecule has 6 rings (SSSR count). The summed E-state index contributed by atoms with van der Waals surface area (Å²) in [4.78, 5) is 42.7. The van der Waals surface area contributed by atoms with Crippen LogP contribution in [0.5, 0.6) is 5.75 Å². The van der Waals surface area contributed by atoms with Gasteiger partial charge in [0, 0.05) is 53.9 Å². The van der Waals surface area contributed by atoms with E-state index in [4.69, 9.17) is 16.3 Å². The molecule has 11 nitrogen and oxygen atoms in total. The molecule has 1 fully saturated rings. The third kappa shape index (κ3) is 6.21. The van der Waals surface area contributed by atoms with Crippen molar-refractivity contribution < 1.29 is 23.4 Å². The summed E-state index contributed by atoms with van der Waals surface area (Å²) >= 11 is 7.61. The summed E-state index contributed by atoms with van der Waals surface area (Å²) < 4.78 is 34.1. The van der Waals surface area contributed by atoms with Gasteiger partial charge in [-0.15, -0.1) is 11.3 Å². The molecule has 15 heteroatoms.